The summed E-state index contributed by atoms with van der Waals surface area (Å²) in [5.74, 6) is 0.0675. The minimum atomic E-state index is -0.444. The third-order valence-corrected chi connectivity index (χ3v) is 3.23. The van der Waals surface area contributed by atoms with E-state index in [9.17, 15) is 10.1 Å². The fraction of sp³-hybridized carbons (Fsp3) is 0.0833. The van der Waals surface area contributed by atoms with Crippen LogP contribution in [0.5, 0.6) is 0 Å². The summed E-state index contributed by atoms with van der Waals surface area (Å²) in [4.78, 5) is 18.1. The number of nitrogens with two attached hydrogens (primary N) is 1. The van der Waals surface area contributed by atoms with E-state index in [4.69, 9.17) is 17.3 Å². The Morgan fingerprint density at radius 1 is 1.29 bits per heavy atom. The van der Waals surface area contributed by atoms with E-state index >= 15 is 0 Å². The number of aromatic nitrogens is 4. The van der Waals surface area contributed by atoms with Gasteiger partial charge in [-0.2, -0.15) is 10.1 Å². The Balaban J connectivity index is 1.96. The number of nitro groups is 1. The summed E-state index contributed by atoms with van der Waals surface area (Å²) in [5, 5.41) is 15.7. The van der Waals surface area contributed by atoms with Gasteiger partial charge in [0.1, 0.15) is 5.15 Å². The number of nitrogen functional groups attached to an aromatic ring is 1. The molecule has 0 aliphatic heterocycles. The van der Waals surface area contributed by atoms with Crippen molar-refractivity contribution < 1.29 is 4.92 Å². The molecule has 8 nitrogen and oxygen atoms in total. The van der Waals surface area contributed by atoms with Gasteiger partial charge in [0, 0.05) is 12.1 Å². The molecule has 0 aliphatic rings. The van der Waals surface area contributed by atoms with Gasteiger partial charge in [-0.1, -0.05) is 23.7 Å². The molecule has 106 valence electrons. The Morgan fingerprint density at radius 3 is 2.67 bits per heavy atom. The fourth-order valence-electron chi connectivity index (χ4n) is 1.95. The molecule has 1 aromatic carbocycles. The monoisotopic (exact) mass is 304 g/mol. The molecule has 0 amide bonds. The van der Waals surface area contributed by atoms with Gasteiger partial charge in [0.15, 0.2) is 5.65 Å². The summed E-state index contributed by atoms with van der Waals surface area (Å²) in [6.45, 7) is 0.397. The van der Waals surface area contributed by atoms with Crippen LogP contribution in [0.1, 0.15) is 5.56 Å². The molecule has 0 unspecified atom stereocenters. The molecule has 0 saturated heterocycles. The van der Waals surface area contributed by atoms with Crippen molar-refractivity contribution in [3.63, 3.8) is 0 Å². The molecule has 3 aromatic rings. The van der Waals surface area contributed by atoms with Crippen molar-refractivity contribution in [2.24, 2.45) is 0 Å². The Morgan fingerprint density at radius 2 is 2.00 bits per heavy atom. The third kappa shape index (κ3) is 2.48. The minimum absolute atomic E-state index is 0.0405. The van der Waals surface area contributed by atoms with Crippen molar-refractivity contribution in [3.05, 3.63) is 51.3 Å². The minimum Gasteiger partial charge on any atom is -0.368 e. The topological polar surface area (TPSA) is 113 Å². The first kappa shape index (κ1) is 13.3. The van der Waals surface area contributed by atoms with Crippen molar-refractivity contribution in [1.29, 1.82) is 0 Å². The number of anilines is 1. The van der Waals surface area contributed by atoms with Crippen LogP contribution >= 0.6 is 11.6 Å². The first-order valence-electron chi connectivity index (χ1n) is 5.92. The lowest BCUT2D eigenvalue weighted by atomic mass is 10.2. The van der Waals surface area contributed by atoms with Gasteiger partial charge in [0.05, 0.1) is 23.1 Å². The number of non-ortho nitro benzene ring substituents is 1. The van der Waals surface area contributed by atoms with Crippen LogP contribution in [0.4, 0.5) is 11.6 Å². The molecule has 2 N–H and O–H groups in total. The molecule has 0 atom stereocenters. The highest BCUT2D eigenvalue weighted by Crippen LogP contribution is 2.21. The molecule has 2 heterocycles. The summed E-state index contributed by atoms with van der Waals surface area (Å²) in [5.41, 5.74) is 6.98. The van der Waals surface area contributed by atoms with Crippen LogP contribution in [0.25, 0.3) is 11.0 Å². The highest BCUT2D eigenvalue weighted by atomic mass is 35.5. The molecule has 0 saturated carbocycles. The zero-order valence-electron chi connectivity index (χ0n) is 10.6. The largest absolute Gasteiger partial charge is 0.368 e. The molecule has 9 heteroatoms. The van der Waals surface area contributed by atoms with Gasteiger partial charge in [-0.05, 0) is 5.56 Å². The van der Waals surface area contributed by atoms with Crippen molar-refractivity contribution >= 4 is 34.3 Å². The van der Waals surface area contributed by atoms with Gasteiger partial charge < -0.3 is 5.73 Å². The highest BCUT2D eigenvalue weighted by Gasteiger charge is 2.11. The van der Waals surface area contributed by atoms with E-state index in [1.165, 1.54) is 12.1 Å². The smallest absolute Gasteiger partial charge is 0.269 e. The molecular formula is C12H9ClN6O2. The number of nitro benzene ring substituents is 1. The van der Waals surface area contributed by atoms with E-state index in [0.717, 1.165) is 5.56 Å². The van der Waals surface area contributed by atoms with Crippen LogP contribution in [-0.4, -0.2) is 24.7 Å². The number of benzene rings is 1. The Hall–Kier alpha value is -2.74. The normalized spacial score (nSPS) is 10.9. The van der Waals surface area contributed by atoms with E-state index in [-0.39, 0.29) is 16.8 Å². The van der Waals surface area contributed by atoms with E-state index < -0.39 is 4.92 Å². The summed E-state index contributed by atoms with van der Waals surface area (Å²) in [7, 11) is 0. The molecule has 21 heavy (non-hydrogen) atoms. The van der Waals surface area contributed by atoms with Crippen LogP contribution in [-0.2, 0) is 6.54 Å². The predicted molar refractivity (Wildman–Crippen MR) is 76.9 cm³/mol. The Kier molecular flexibility index (Phi) is 3.15. The van der Waals surface area contributed by atoms with Crippen molar-refractivity contribution in [1.82, 2.24) is 19.7 Å². The van der Waals surface area contributed by atoms with Gasteiger partial charge in [-0.25, -0.2) is 9.67 Å². The van der Waals surface area contributed by atoms with Crippen molar-refractivity contribution in [3.8, 4) is 0 Å². The molecule has 2 aromatic heterocycles. The second kappa shape index (κ2) is 4.98. The van der Waals surface area contributed by atoms with Crippen molar-refractivity contribution in [2.45, 2.75) is 6.54 Å². The Bertz CT molecular complexity index is 830. The summed E-state index contributed by atoms with van der Waals surface area (Å²) < 4.78 is 1.61. The van der Waals surface area contributed by atoms with E-state index in [1.54, 1.807) is 23.0 Å². The number of nitrogens with zero attached hydrogens (tertiary/aromatic N) is 5. The van der Waals surface area contributed by atoms with Crippen LogP contribution in [0.15, 0.2) is 30.5 Å². The lowest BCUT2D eigenvalue weighted by Crippen LogP contribution is -2.04. The van der Waals surface area contributed by atoms with Gasteiger partial charge in [0.25, 0.3) is 5.69 Å². The zero-order valence-corrected chi connectivity index (χ0v) is 11.4. The first-order valence-corrected chi connectivity index (χ1v) is 6.30. The van der Waals surface area contributed by atoms with Crippen LogP contribution in [0.3, 0.4) is 0 Å². The third-order valence-electron chi connectivity index (χ3n) is 2.95. The lowest BCUT2D eigenvalue weighted by Gasteiger charge is -2.04. The number of fused-ring (bicyclic) bond motifs is 1. The molecule has 0 bridgehead atoms. The lowest BCUT2D eigenvalue weighted by molar-refractivity contribution is -0.384. The number of rotatable bonds is 3. The quantitative estimate of drug-likeness (QED) is 0.450. The maximum absolute atomic E-state index is 10.6. The molecule has 0 spiro atoms. The molecule has 0 aliphatic carbocycles. The van der Waals surface area contributed by atoms with E-state index in [0.29, 0.717) is 17.6 Å². The average Bonchev–Trinajstić information content (AvgIpc) is 2.83. The number of hydrogen-bond acceptors (Lipinski definition) is 6. The standard InChI is InChI=1S/C12H9ClN6O2/c13-10-9-5-15-18(11(9)17-12(14)16-10)6-7-1-3-8(4-2-7)19(20)21/h1-5H,6H2,(H2,14,16,17). The summed E-state index contributed by atoms with van der Waals surface area (Å²) in [6.07, 6.45) is 1.56. The van der Waals surface area contributed by atoms with Crippen molar-refractivity contribution in [2.75, 3.05) is 5.73 Å². The summed E-state index contributed by atoms with van der Waals surface area (Å²) >= 11 is 5.97. The Labute approximate surface area is 123 Å². The SMILES string of the molecule is Nc1nc(Cl)c2cnn(Cc3ccc([N+](=O)[O-])cc3)c2n1. The molecule has 0 fully saturated rings. The van der Waals surface area contributed by atoms with Gasteiger partial charge in [0.2, 0.25) is 5.95 Å². The van der Waals surface area contributed by atoms with Gasteiger partial charge >= 0.3 is 0 Å². The van der Waals surface area contributed by atoms with E-state index in [1.807, 2.05) is 0 Å². The van der Waals surface area contributed by atoms with E-state index in [2.05, 4.69) is 15.1 Å². The maximum atomic E-state index is 10.6. The van der Waals surface area contributed by atoms with Crippen LogP contribution in [0, 0.1) is 10.1 Å². The molecular weight excluding hydrogens is 296 g/mol. The second-order valence-corrected chi connectivity index (χ2v) is 4.69. The van der Waals surface area contributed by atoms with Crippen LogP contribution < -0.4 is 5.73 Å². The van der Waals surface area contributed by atoms with Gasteiger partial charge in [-0.15, -0.1) is 0 Å². The first-order chi connectivity index (χ1) is 10.0. The van der Waals surface area contributed by atoms with Gasteiger partial charge in [-0.3, -0.25) is 10.1 Å². The molecule has 3 rings (SSSR count). The fourth-order valence-corrected chi connectivity index (χ4v) is 2.17. The highest BCUT2D eigenvalue weighted by molar-refractivity contribution is 6.34. The predicted octanol–water partition coefficient (Wildman–Crippen LogP) is 2.02. The number of hydrogen-bond donors (Lipinski definition) is 1. The number of halogens is 1. The zero-order chi connectivity index (χ0) is 15.0. The van der Waals surface area contributed by atoms with Crippen LogP contribution in [0.2, 0.25) is 5.15 Å². The summed E-state index contributed by atoms with van der Waals surface area (Å²) in [6, 6.07) is 6.21. The maximum Gasteiger partial charge on any atom is 0.269 e. The average molecular weight is 305 g/mol. The second-order valence-electron chi connectivity index (χ2n) is 4.34. The molecule has 0 radical (unpaired) electrons.